The molecule has 0 saturated carbocycles. The van der Waals surface area contributed by atoms with E-state index in [9.17, 15) is 19.7 Å². The van der Waals surface area contributed by atoms with Gasteiger partial charge in [0.05, 0.1) is 10.3 Å². The molecule has 0 N–H and O–H groups in total. The summed E-state index contributed by atoms with van der Waals surface area (Å²) in [6.07, 6.45) is 3.19. The minimum absolute atomic E-state index is 0.0875. The molecular weight excluding hydrogens is 354 g/mol. The molecule has 0 saturated heterocycles. The minimum atomic E-state index is -0.597. The molecule has 0 atom stereocenters. The zero-order chi connectivity index (χ0) is 19.8. The highest BCUT2D eigenvalue weighted by Gasteiger charge is 2.17. The smallest absolute Gasteiger partial charge is 0.328 e. The molecule has 1 amide bonds. The number of amides is 1. The van der Waals surface area contributed by atoms with Gasteiger partial charge in [0.2, 0.25) is 12.7 Å². The Morgan fingerprint density at radius 3 is 2.74 bits per heavy atom. The molecular formula is C18H21N3O6. The lowest BCUT2D eigenvalue weighted by molar-refractivity contribution is -0.383. The van der Waals surface area contributed by atoms with Crippen LogP contribution in [0.1, 0.15) is 26.7 Å². The standard InChI is InChI=1S/C18H21N3O6/c1-3-4-10-20(13(2)22)11-17(23)27-12-26-16-8-7-15(21(24)25)14-6-5-9-19-18(14)16/h5-9H,3-4,10-12H2,1-2H3. The van der Waals surface area contributed by atoms with Crippen molar-refractivity contribution >= 4 is 28.5 Å². The number of esters is 1. The number of carbonyl (C=O) groups excluding carboxylic acids is 2. The molecule has 2 aromatic rings. The van der Waals surface area contributed by atoms with Gasteiger partial charge in [-0.25, -0.2) is 0 Å². The van der Waals surface area contributed by atoms with Crippen molar-refractivity contribution in [3.8, 4) is 5.75 Å². The number of hydrogen-bond acceptors (Lipinski definition) is 7. The van der Waals surface area contributed by atoms with Crippen LogP contribution >= 0.6 is 0 Å². The summed E-state index contributed by atoms with van der Waals surface area (Å²) >= 11 is 0. The summed E-state index contributed by atoms with van der Waals surface area (Å²) in [5, 5.41) is 11.4. The fraction of sp³-hybridized carbons (Fsp3) is 0.389. The molecule has 9 nitrogen and oxygen atoms in total. The van der Waals surface area contributed by atoms with Crippen molar-refractivity contribution in [2.45, 2.75) is 26.7 Å². The lowest BCUT2D eigenvalue weighted by atomic mass is 10.1. The van der Waals surface area contributed by atoms with Crippen molar-refractivity contribution in [1.29, 1.82) is 0 Å². The summed E-state index contributed by atoms with van der Waals surface area (Å²) in [5.41, 5.74) is 0.214. The van der Waals surface area contributed by atoms with E-state index in [0.717, 1.165) is 12.8 Å². The molecule has 0 fully saturated rings. The highest BCUT2D eigenvalue weighted by atomic mass is 16.7. The van der Waals surface area contributed by atoms with E-state index in [4.69, 9.17) is 9.47 Å². The number of carbonyl (C=O) groups is 2. The van der Waals surface area contributed by atoms with Gasteiger partial charge in [-0.1, -0.05) is 13.3 Å². The number of hydrogen-bond donors (Lipinski definition) is 0. The van der Waals surface area contributed by atoms with Crippen molar-refractivity contribution in [2.24, 2.45) is 0 Å². The van der Waals surface area contributed by atoms with E-state index in [-0.39, 0.29) is 30.7 Å². The molecule has 27 heavy (non-hydrogen) atoms. The Morgan fingerprint density at radius 2 is 2.07 bits per heavy atom. The summed E-state index contributed by atoms with van der Waals surface area (Å²) in [4.78, 5) is 39.6. The summed E-state index contributed by atoms with van der Waals surface area (Å²) in [5.74, 6) is -0.536. The fourth-order valence-electron chi connectivity index (χ4n) is 2.46. The van der Waals surface area contributed by atoms with E-state index in [1.807, 2.05) is 6.92 Å². The maximum absolute atomic E-state index is 11.9. The molecule has 0 bridgehead atoms. The molecule has 0 aliphatic rings. The molecule has 0 spiro atoms. The first-order chi connectivity index (χ1) is 12.9. The van der Waals surface area contributed by atoms with Gasteiger partial charge in [0, 0.05) is 25.7 Å². The van der Waals surface area contributed by atoms with Gasteiger partial charge in [-0.15, -0.1) is 0 Å². The first kappa shape index (κ1) is 20.1. The molecule has 0 aliphatic heterocycles. The maximum Gasteiger partial charge on any atom is 0.328 e. The molecule has 1 heterocycles. The zero-order valence-corrected chi connectivity index (χ0v) is 15.2. The second-order valence-corrected chi connectivity index (χ2v) is 5.81. The zero-order valence-electron chi connectivity index (χ0n) is 15.2. The normalized spacial score (nSPS) is 10.4. The average Bonchev–Trinajstić information content (AvgIpc) is 2.64. The van der Waals surface area contributed by atoms with E-state index < -0.39 is 10.9 Å². The van der Waals surface area contributed by atoms with Gasteiger partial charge in [-0.05, 0) is 24.6 Å². The largest absolute Gasteiger partial charge is 0.455 e. The predicted molar refractivity (Wildman–Crippen MR) is 97.1 cm³/mol. The van der Waals surface area contributed by atoms with Crippen LogP contribution in [0.15, 0.2) is 30.5 Å². The van der Waals surface area contributed by atoms with Crippen LogP contribution in [-0.2, 0) is 14.3 Å². The van der Waals surface area contributed by atoms with Crippen LogP contribution in [0.25, 0.3) is 10.9 Å². The quantitative estimate of drug-likeness (QED) is 0.287. The average molecular weight is 375 g/mol. The molecule has 9 heteroatoms. The number of unbranched alkanes of at least 4 members (excludes halogenated alkanes) is 1. The number of fused-ring (bicyclic) bond motifs is 1. The Bertz CT molecular complexity index is 839. The van der Waals surface area contributed by atoms with Crippen molar-refractivity contribution in [2.75, 3.05) is 19.9 Å². The Morgan fingerprint density at radius 1 is 1.30 bits per heavy atom. The van der Waals surface area contributed by atoms with Crippen LogP contribution in [0.4, 0.5) is 5.69 Å². The SMILES string of the molecule is CCCCN(CC(=O)OCOc1ccc([N+](=O)[O-])c2cccnc12)C(C)=O. The Kier molecular flexibility index (Phi) is 7.04. The van der Waals surface area contributed by atoms with Crippen LogP contribution in [0.3, 0.4) is 0 Å². The molecule has 0 aliphatic carbocycles. The highest BCUT2D eigenvalue weighted by molar-refractivity contribution is 5.92. The van der Waals surface area contributed by atoms with Crippen molar-refractivity contribution in [1.82, 2.24) is 9.88 Å². The third kappa shape index (κ3) is 5.37. The van der Waals surface area contributed by atoms with Crippen LogP contribution in [-0.4, -0.2) is 46.6 Å². The fourth-order valence-corrected chi connectivity index (χ4v) is 2.46. The second-order valence-electron chi connectivity index (χ2n) is 5.81. The van der Waals surface area contributed by atoms with Crippen molar-refractivity contribution in [3.05, 3.63) is 40.6 Å². The van der Waals surface area contributed by atoms with Crippen LogP contribution in [0, 0.1) is 10.1 Å². The molecule has 0 unspecified atom stereocenters. The number of nitrogens with zero attached hydrogens (tertiary/aromatic N) is 3. The molecule has 2 rings (SSSR count). The first-order valence-electron chi connectivity index (χ1n) is 8.50. The van der Waals surface area contributed by atoms with Gasteiger partial charge in [-0.3, -0.25) is 24.7 Å². The third-order valence-electron chi connectivity index (χ3n) is 3.89. The van der Waals surface area contributed by atoms with Crippen LogP contribution in [0.2, 0.25) is 0 Å². The van der Waals surface area contributed by atoms with Crippen molar-refractivity contribution < 1.29 is 24.0 Å². The summed E-state index contributed by atoms with van der Waals surface area (Å²) < 4.78 is 10.4. The number of ether oxygens (including phenoxy) is 2. The van der Waals surface area contributed by atoms with Gasteiger partial charge in [0.1, 0.15) is 17.8 Å². The van der Waals surface area contributed by atoms with Crippen LogP contribution in [0.5, 0.6) is 5.75 Å². The Labute approximate surface area is 156 Å². The molecule has 0 radical (unpaired) electrons. The maximum atomic E-state index is 11.9. The highest BCUT2D eigenvalue weighted by Crippen LogP contribution is 2.31. The summed E-state index contributed by atoms with van der Waals surface area (Å²) in [7, 11) is 0. The van der Waals surface area contributed by atoms with Gasteiger partial charge in [-0.2, -0.15) is 0 Å². The van der Waals surface area contributed by atoms with E-state index >= 15 is 0 Å². The monoisotopic (exact) mass is 375 g/mol. The van der Waals surface area contributed by atoms with Gasteiger partial charge in [0.25, 0.3) is 5.69 Å². The van der Waals surface area contributed by atoms with E-state index in [1.165, 1.54) is 30.2 Å². The summed E-state index contributed by atoms with van der Waals surface area (Å²) in [6, 6.07) is 5.87. The number of benzene rings is 1. The number of non-ortho nitro benzene ring substituents is 1. The Hall–Kier alpha value is -3.23. The van der Waals surface area contributed by atoms with Gasteiger partial charge >= 0.3 is 5.97 Å². The van der Waals surface area contributed by atoms with Crippen molar-refractivity contribution in [3.63, 3.8) is 0 Å². The third-order valence-corrected chi connectivity index (χ3v) is 3.89. The lowest BCUT2D eigenvalue weighted by Gasteiger charge is -2.19. The molecule has 1 aromatic heterocycles. The lowest BCUT2D eigenvalue weighted by Crippen LogP contribution is -2.36. The number of aromatic nitrogens is 1. The van der Waals surface area contributed by atoms with Gasteiger partial charge < -0.3 is 14.4 Å². The molecule has 1 aromatic carbocycles. The predicted octanol–water partition coefficient (Wildman–Crippen LogP) is 2.67. The number of rotatable bonds is 9. The minimum Gasteiger partial charge on any atom is -0.455 e. The van der Waals surface area contributed by atoms with Gasteiger partial charge in [0.15, 0.2) is 0 Å². The Balaban J connectivity index is 1.99. The van der Waals surface area contributed by atoms with E-state index in [0.29, 0.717) is 17.4 Å². The van der Waals surface area contributed by atoms with E-state index in [2.05, 4.69) is 4.98 Å². The second kappa shape index (κ2) is 9.46. The van der Waals surface area contributed by atoms with E-state index in [1.54, 1.807) is 12.1 Å². The number of nitro groups is 1. The summed E-state index contributed by atoms with van der Waals surface area (Å²) in [6.45, 7) is 3.33. The topological polar surface area (TPSA) is 112 Å². The number of nitro benzene ring substituents is 1. The number of pyridine rings is 1. The van der Waals surface area contributed by atoms with Crippen LogP contribution < -0.4 is 4.74 Å². The first-order valence-corrected chi connectivity index (χ1v) is 8.50. The molecule has 144 valence electrons.